The lowest BCUT2D eigenvalue weighted by molar-refractivity contribution is 0.275. The maximum atomic E-state index is 8.98. The summed E-state index contributed by atoms with van der Waals surface area (Å²) in [5.74, 6) is 0. The molecule has 0 aliphatic carbocycles. The Morgan fingerprint density at radius 2 is 2.42 bits per heavy atom. The number of halogens is 1. The molecule has 2 heterocycles. The Labute approximate surface area is 80.1 Å². The van der Waals surface area contributed by atoms with Gasteiger partial charge in [-0.25, -0.2) is 4.98 Å². The molecule has 2 rings (SSSR count). The Hall–Kier alpha value is -0.580. The molecule has 0 amide bonds. The number of imidazole rings is 1. The third kappa shape index (κ3) is 1.22. The number of rotatable bonds is 1. The molecule has 0 radical (unpaired) electrons. The number of nitrogens with zero attached hydrogens (tertiary/aromatic N) is 2. The summed E-state index contributed by atoms with van der Waals surface area (Å²) in [7, 11) is 0. The molecule has 5 heteroatoms. The Morgan fingerprint density at radius 1 is 1.67 bits per heavy atom. The van der Waals surface area contributed by atoms with Crippen LogP contribution in [0.1, 0.15) is 10.6 Å². The standard InChI is InChI=1S/C7H8N2OS.ClH/c1-5-6(3-10)9-4-8-2-7(9)11-5;/h2,4,10H,3H2,1H3;1H. The number of thiazole rings is 1. The Bertz CT molecular complexity index is 382. The molecule has 0 unspecified atom stereocenters. The van der Waals surface area contributed by atoms with Gasteiger partial charge in [-0.05, 0) is 6.92 Å². The van der Waals surface area contributed by atoms with Crippen molar-refractivity contribution in [2.24, 2.45) is 0 Å². The molecule has 0 aliphatic rings. The van der Waals surface area contributed by atoms with E-state index >= 15 is 0 Å². The average Bonchev–Trinajstić information content (AvgIpc) is 2.46. The van der Waals surface area contributed by atoms with E-state index in [1.165, 1.54) is 0 Å². The fourth-order valence-corrected chi connectivity index (χ4v) is 2.10. The minimum atomic E-state index is 0. The molecular formula is C7H9ClN2OS. The summed E-state index contributed by atoms with van der Waals surface area (Å²) in [6.45, 7) is 2.09. The molecular weight excluding hydrogens is 196 g/mol. The number of hydrogen-bond acceptors (Lipinski definition) is 3. The number of fused-ring (bicyclic) bond motifs is 1. The van der Waals surface area contributed by atoms with Crippen LogP contribution in [-0.2, 0) is 6.61 Å². The summed E-state index contributed by atoms with van der Waals surface area (Å²) in [5, 5.41) is 8.98. The SMILES string of the molecule is Cc1sc2cncn2c1CO.Cl. The van der Waals surface area contributed by atoms with E-state index < -0.39 is 0 Å². The van der Waals surface area contributed by atoms with Gasteiger partial charge in [-0.2, -0.15) is 0 Å². The first-order valence-corrected chi connectivity index (χ1v) is 4.16. The maximum absolute atomic E-state index is 8.98. The first-order chi connectivity index (χ1) is 5.33. The molecule has 1 N–H and O–H groups in total. The molecule has 3 nitrogen and oxygen atoms in total. The molecule has 2 aromatic heterocycles. The summed E-state index contributed by atoms with van der Waals surface area (Å²) in [5.41, 5.74) is 0.947. The topological polar surface area (TPSA) is 37.5 Å². The number of aryl methyl sites for hydroxylation is 1. The van der Waals surface area contributed by atoms with Crippen molar-refractivity contribution in [2.75, 3.05) is 0 Å². The van der Waals surface area contributed by atoms with Crippen LogP contribution in [0.15, 0.2) is 12.5 Å². The van der Waals surface area contributed by atoms with Crippen LogP contribution in [0.2, 0.25) is 0 Å². The van der Waals surface area contributed by atoms with Crippen molar-refractivity contribution in [3.05, 3.63) is 23.1 Å². The quantitative estimate of drug-likeness (QED) is 0.767. The van der Waals surface area contributed by atoms with Gasteiger partial charge in [0, 0.05) is 4.88 Å². The lowest BCUT2D eigenvalue weighted by atomic mass is 10.4. The highest BCUT2D eigenvalue weighted by molar-refractivity contribution is 7.17. The van der Waals surface area contributed by atoms with E-state index in [0.29, 0.717) is 0 Å². The highest BCUT2D eigenvalue weighted by atomic mass is 35.5. The fourth-order valence-electron chi connectivity index (χ4n) is 1.13. The number of hydrogen-bond donors (Lipinski definition) is 1. The molecule has 0 aliphatic heterocycles. The van der Waals surface area contributed by atoms with Gasteiger partial charge < -0.3 is 5.11 Å². The van der Waals surface area contributed by atoms with Crippen molar-refractivity contribution >= 4 is 28.6 Å². The van der Waals surface area contributed by atoms with Crippen LogP contribution in [0.4, 0.5) is 0 Å². The van der Waals surface area contributed by atoms with Gasteiger partial charge in [0.1, 0.15) is 11.2 Å². The van der Waals surface area contributed by atoms with Crippen LogP contribution < -0.4 is 0 Å². The van der Waals surface area contributed by atoms with E-state index in [1.807, 2.05) is 11.3 Å². The number of aliphatic hydroxyl groups excluding tert-OH is 1. The van der Waals surface area contributed by atoms with Crippen molar-refractivity contribution in [3.63, 3.8) is 0 Å². The van der Waals surface area contributed by atoms with Gasteiger partial charge in [-0.15, -0.1) is 23.7 Å². The molecule has 0 bridgehead atoms. The van der Waals surface area contributed by atoms with E-state index in [4.69, 9.17) is 5.11 Å². The van der Waals surface area contributed by atoms with Gasteiger partial charge in [0.15, 0.2) is 0 Å². The highest BCUT2D eigenvalue weighted by Crippen LogP contribution is 2.21. The maximum Gasteiger partial charge on any atom is 0.120 e. The van der Waals surface area contributed by atoms with Gasteiger partial charge in [0.2, 0.25) is 0 Å². The molecule has 66 valence electrons. The van der Waals surface area contributed by atoms with E-state index in [0.717, 1.165) is 15.4 Å². The molecule has 0 spiro atoms. The molecule has 0 saturated carbocycles. The first kappa shape index (κ1) is 9.51. The summed E-state index contributed by atoms with van der Waals surface area (Å²) >= 11 is 1.65. The summed E-state index contributed by atoms with van der Waals surface area (Å²) in [6, 6.07) is 0. The Morgan fingerprint density at radius 3 is 3.08 bits per heavy atom. The molecule has 12 heavy (non-hydrogen) atoms. The van der Waals surface area contributed by atoms with Crippen LogP contribution in [-0.4, -0.2) is 14.5 Å². The third-order valence-electron chi connectivity index (χ3n) is 1.71. The second-order valence-electron chi connectivity index (χ2n) is 2.36. The van der Waals surface area contributed by atoms with E-state index in [9.17, 15) is 0 Å². The largest absolute Gasteiger partial charge is 0.390 e. The normalized spacial score (nSPS) is 10.2. The van der Waals surface area contributed by atoms with Gasteiger partial charge >= 0.3 is 0 Å². The molecule has 0 fully saturated rings. The summed E-state index contributed by atoms with van der Waals surface area (Å²) in [4.78, 5) is 6.22. The van der Waals surface area contributed by atoms with E-state index in [-0.39, 0.29) is 19.0 Å². The van der Waals surface area contributed by atoms with Crippen LogP contribution in [0.25, 0.3) is 4.83 Å². The molecule has 0 atom stereocenters. The summed E-state index contributed by atoms with van der Waals surface area (Å²) in [6.07, 6.45) is 3.53. The van der Waals surface area contributed by atoms with Crippen LogP contribution in [0.5, 0.6) is 0 Å². The van der Waals surface area contributed by atoms with Crippen LogP contribution in [0, 0.1) is 6.92 Å². The lowest BCUT2D eigenvalue weighted by Crippen LogP contribution is -1.90. The van der Waals surface area contributed by atoms with Gasteiger partial charge in [-0.1, -0.05) is 0 Å². The zero-order chi connectivity index (χ0) is 7.84. The van der Waals surface area contributed by atoms with Crippen LogP contribution >= 0.6 is 23.7 Å². The number of aliphatic hydroxyl groups is 1. The van der Waals surface area contributed by atoms with Crippen LogP contribution in [0.3, 0.4) is 0 Å². The average molecular weight is 205 g/mol. The summed E-state index contributed by atoms with van der Waals surface area (Å²) < 4.78 is 1.92. The monoisotopic (exact) mass is 204 g/mol. The Kier molecular flexibility index (Phi) is 2.72. The van der Waals surface area contributed by atoms with Gasteiger partial charge in [-0.3, -0.25) is 4.40 Å². The van der Waals surface area contributed by atoms with Crippen molar-refractivity contribution < 1.29 is 5.11 Å². The molecule has 2 aromatic rings. The lowest BCUT2D eigenvalue weighted by Gasteiger charge is -1.92. The van der Waals surface area contributed by atoms with E-state index in [2.05, 4.69) is 4.98 Å². The second-order valence-corrected chi connectivity index (χ2v) is 3.60. The predicted octanol–water partition coefficient (Wildman–Crippen LogP) is 1.62. The fraction of sp³-hybridized carbons (Fsp3) is 0.286. The predicted molar refractivity (Wildman–Crippen MR) is 51.0 cm³/mol. The first-order valence-electron chi connectivity index (χ1n) is 3.34. The third-order valence-corrected chi connectivity index (χ3v) is 2.76. The van der Waals surface area contributed by atoms with Gasteiger partial charge in [0.05, 0.1) is 18.5 Å². The molecule has 0 aromatic carbocycles. The minimum absolute atomic E-state index is 0. The van der Waals surface area contributed by atoms with Crippen molar-refractivity contribution in [1.82, 2.24) is 9.38 Å². The Balaban J connectivity index is 0.000000720. The van der Waals surface area contributed by atoms with Crippen molar-refractivity contribution in [2.45, 2.75) is 13.5 Å². The minimum Gasteiger partial charge on any atom is -0.390 e. The highest BCUT2D eigenvalue weighted by Gasteiger charge is 2.06. The smallest absolute Gasteiger partial charge is 0.120 e. The van der Waals surface area contributed by atoms with Gasteiger partial charge in [0.25, 0.3) is 0 Å². The number of aromatic nitrogens is 2. The second kappa shape index (κ2) is 3.43. The zero-order valence-electron chi connectivity index (χ0n) is 6.52. The van der Waals surface area contributed by atoms with E-state index in [1.54, 1.807) is 23.9 Å². The van der Waals surface area contributed by atoms with Crippen molar-refractivity contribution in [1.29, 1.82) is 0 Å². The van der Waals surface area contributed by atoms with Crippen molar-refractivity contribution in [3.8, 4) is 0 Å². The molecule has 0 saturated heterocycles. The zero-order valence-corrected chi connectivity index (χ0v) is 8.15.